The molecular formula is C16H21N5O3. The lowest BCUT2D eigenvalue weighted by Crippen LogP contribution is -2.30. The summed E-state index contributed by atoms with van der Waals surface area (Å²) in [5, 5.41) is 9.69. The third kappa shape index (κ3) is 4.84. The minimum Gasteiger partial charge on any atom is -0.376 e. The van der Waals surface area contributed by atoms with Gasteiger partial charge in [0.1, 0.15) is 12.4 Å². The van der Waals surface area contributed by atoms with Crippen LogP contribution >= 0.6 is 0 Å². The molecule has 2 N–H and O–H groups in total. The monoisotopic (exact) mass is 331 g/mol. The zero-order valence-corrected chi connectivity index (χ0v) is 13.4. The molecule has 8 heteroatoms. The fourth-order valence-corrected chi connectivity index (χ4v) is 2.46. The topological polar surface area (TPSA) is 102 Å². The van der Waals surface area contributed by atoms with E-state index >= 15 is 0 Å². The average Bonchev–Trinajstić information content (AvgIpc) is 3.11. The molecule has 24 heavy (non-hydrogen) atoms. The van der Waals surface area contributed by atoms with Gasteiger partial charge in [-0.1, -0.05) is 0 Å². The minimum absolute atomic E-state index is 0.0191. The quantitative estimate of drug-likeness (QED) is 0.787. The molecule has 1 saturated heterocycles. The van der Waals surface area contributed by atoms with Gasteiger partial charge in [-0.05, 0) is 31.4 Å². The van der Waals surface area contributed by atoms with Crippen molar-refractivity contribution in [2.45, 2.75) is 31.9 Å². The zero-order valence-electron chi connectivity index (χ0n) is 13.4. The number of amides is 1. The third-order valence-electron chi connectivity index (χ3n) is 3.73. The first-order valence-corrected chi connectivity index (χ1v) is 8.09. The summed E-state index contributed by atoms with van der Waals surface area (Å²) >= 11 is 0. The normalized spacial score (nSPS) is 17.6. The molecule has 2 aromatic heterocycles. The molecule has 0 radical (unpaired) electrons. The van der Waals surface area contributed by atoms with Crippen molar-refractivity contribution in [3.05, 3.63) is 30.4 Å². The summed E-state index contributed by atoms with van der Waals surface area (Å²) in [6, 6.07) is 3.65. The molecule has 0 aromatic carbocycles. The number of nitrogens with zero attached hydrogens (tertiary/aromatic N) is 3. The van der Waals surface area contributed by atoms with Crippen LogP contribution < -0.4 is 5.32 Å². The van der Waals surface area contributed by atoms with Crippen LogP contribution in [-0.4, -0.2) is 52.0 Å². The van der Waals surface area contributed by atoms with E-state index in [2.05, 4.69) is 25.5 Å². The van der Waals surface area contributed by atoms with Crippen LogP contribution in [0.2, 0.25) is 0 Å². The van der Waals surface area contributed by atoms with Crippen molar-refractivity contribution in [2.24, 2.45) is 0 Å². The van der Waals surface area contributed by atoms with Crippen LogP contribution in [0, 0.1) is 0 Å². The Labute approximate surface area is 140 Å². The molecule has 2 aromatic rings. The van der Waals surface area contributed by atoms with E-state index < -0.39 is 0 Å². The second-order valence-electron chi connectivity index (χ2n) is 5.62. The molecule has 1 amide bonds. The third-order valence-corrected chi connectivity index (χ3v) is 3.73. The maximum atomic E-state index is 11.8. The number of H-pyrrole nitrogens is 1. The van der Waals surface area contributed by atoms with Crippen molar-refractivity contribution in [1.82, 2.24) is 25.5 Å². The Balaban J connectivity index is 1.38. The van der Waals surface area contributed by atoms with Crippen LogP contribution in [0.5, 0.6) is 0 Å². The summed E-state index contributed by atoms with van der Waals surface area (Å²) in [5.74, 6) is 0.978. The SMILES string of the molecule is O=C(COCC1CCCCO1)NCc1nc(-c2ccncc2)n[nH]1. The maximum Gasteiger partial charge on any atom is 0.246 e. The van der Waals surface area contributed by atoms with Gasteiger partial charge in [0.25, 0.3) is 0 Å². The predicted molar refractivity (Wildman–Crippen MR) is 85.9 cm³/mol. The van der Waals surface area contributed by atoms with Gasteiger partial charge in [0.15, 0.2) is 5.82 Å². The Bertz CT molecular complexity index is 640. The molecule has 0 aliphatic carbocycles. The highest BCUT2D eigenvalue weighted by atomic mass is 16.5. The van der Waals surface area contributed by atoms with Crippen molar-refractivity contribution in [3.8, 4) is 11.4 Å². The Morgan fingerprint density at radius 2 is 2.25 bits per heavy atom. The van der Waals surface area contributed by atoms with E-state index in [0.717, 1.165) is 31.4 Å². The van der Waals surface area contributed by atoms with Gasteiger partial charge in [-0.15, -0.1) is 0 Å². The average molecular weight is 331 g/mol. The Morgan fingerprint density at radius 1 is 1.38 bits per heavy atom. The van der Waals surface area contributed by atoms with Crippen LogP contribution in [0.15, 0.2) is 24.5 Å². The molecule has 3 rings (SSSR count). The van der Waals surface area contributed by atoms with Crippen LogP contribution in [0.1, 0.15) is 25.1 Å². The molecule has 1 fully saturated rings. The lowest BCUT2D eigenvalue weighted by Gasteiger charge is -2.22. The lowest BCUT2D eigenvalue weighted by atomic mass is 10.1. The highest BCUT2D eigenvalue weighted by Gasteiger charge is 2.14. The smallest absolute Gasteiger partial charge is 0.246 e. The first kappa shape index (κ1) is 16.5. The van der Waals surface area contributed by atoms with Gasteiger partial charge >= 0.3 is 0 Å². The van der Waals surface area contributed by atoms with Crippen molar-refractivity contribution < 1.29 is 14.3 Å². The van der Waals surface area contributed by atoms with Gasteiger partial charge in [-0.25, -0.2) is 4.98 Å². The number of ether oxygens (including phenoxy) is 2. The fourth-order valence-electron chi connectivity index (χ4n) is 2.46. The number of nitrogens with one attached hydrogen (secondary N) is 2. The molecule has 1 atom stereocenters. The van der Waals surface area contributed by atoms with Gasteiger partial charge in [-0.3, -0.25) is 14.9 Å². The van der Waals surface area contributed by atoms with Gasteiger partial charge in [0.2, 0.25) is 5.91 Å². The standard InChI is InChI=1S/C16H21N5O3/c22-15(11-23-10-13-3-1-2-8-24-13)18-9-14-19-16(21-20-14)12-4-6-17-7-5-12/h4-7,13H,1-3,8-11H2,(H,18,22)(H,19,20,21). The fraction of sp³-hybridized carbons (Fsp3) is 0.500. The first-order valence-electron chi connectivity index (χ1n) is 8.09. The van der Waals surface area contributed by atoms with Crippen LogP contribution in [-0.2, 0) is 20.8 Å². The Morgan fingerprint density at radius 3 is 3.04 bits per heavy atom. The highest BCUT2D eigenvalue weighted by Crippen LogP contribution is 2.13. The van der Waals surface area contributed by atoms with Crippen LogP contribution in [0.25, 0.3) is 11.4 Å². The molecule has 1 unspecified atom stereocenters. The summed E-state index contributed by atoms with van der Waals surface area (Å²) in [4.78, 5) is 20.1. The van der Waals surface area contributed by atoms with Crippen molar-refractivity contribution >= 4 is 5.91 Å². The minimum atomic E-state index is -0.187. The predicted octanol–water partition coefficient (Wildman–Crippen LogP) is 1.07. The van der Waals surface area contributed by atoms with Crippen LogP contribution in [0.4, 0.5) is 0 Å². The number of rotatable bonds is 7. The van der Waals surface area contributed by atoms with Crippen LogP contribution in [0.3, 0.4) is 0 Å². The number of hydrogen-bond donors (Lipinski definition) is 2. The molecule has 1 aliphatic heterocycles. The number of aromatic nitrogens is 4. The maximum absolute atomic E-state index is 11.8. The number of pyridine rings is 1. The first-order chi connectivity index (χ1) is 11.8. The van der Waals surface area contributed by atoms with Gasteiger partial charge in [-0.2, -0.15) is 5.10 Å². The molecule has 128 valence electrons. The van der Waals surface area contributed by atoms with E-state index in [1.165, 1.54) is 0 Å². The van der Waals surface area contributed by atoms with Crippen molar-refractivity contribution in [2.75, 3.05) is 19.8 Å². The van der Waals surface area contributed by atoms with E-state index in [1.807, 2.05) is 12.1 Å². The largest absolute Gasteiger partial charge is 0.376 e. The van der Waals surface area contributed by atoms with Gasteiger partial charge in [0.05, 0.1) is 19.3 Å². The number of hydrogen-bond acceptors (Lipinski definition) is 6. The molecule has 0 spiro atoms. The summed E-state index contributed by atoms with van der Waals surface area (Å²) in [6.07, 6.45) is 6.74. The summed E-state index contributed by atoms with van der Waals surface area (Å²) < 4.78 is 11.0. The van der Waals surface area contributed by atoms with Crippen molar-refractivity contribution in [3.63, 3.8) is 0 Å². The molecular weight excluding hydrogens is 310 g/mol. The second kappa shape index (κ2) is 8.51. The molecule has 0 bridgehead atoms. The summed E-state index contributed by atoms with van der Waals surface area (Å²) in [7, 11) is 0. The molecule has 1 aliphatic rings. The van der Waals surface area contributed by atoms with E-state index in [4.69, 9.17) is 9.47 Å². The summed E-state index contributed by atoms with van der Waals surface area (Å²) in [5.41, 5.74) is 0.870. The second-order valence-corrected chi connectivity index (χ2v) is 5.62. The summed E-state index contributed by atoms with van der Waals surface area (Å²) in [6.45, 7) is 1.54. The van der Waals surface area contributed by atoms with Gasteiger partial charge in [0, 0.05) is 24.6 Å². The molecule has 0 saturated carbocycles. The lowest BCUT2D eigenvalue weighted by molar-refractivity contribution is -0.128. The van der Waals surface area contributed by atoms with E-state index in [9.17, 15) is 4.79 Å². The van der Waals surface area contributed by atoms with E-state index in [-0.39, 0.29) is 25.2 Å². The zero-order chi connectivity index (χ0) is 16.6. The van der Waals surface area contributed by atoms with Gasteiger partial charge < -0.3 is 14.8 Å². The van der Waals surface area contributed by atoms with Crippen molar-refractivity contribution in [1.29, 1.82) is 0 Å². The van der Waals surface area contributed by atoms with E-state index in [0.29, 0.717) is 18.3 Å². The Hall–Kier alpha value is -2.32. The molecule has 3 heterocycles. The number of carbonyl (C=O) groups is 1. The number of aromatic amines is 1. The van der Waals surface area contributed by atoms with E-state index in [1.54, 1.807) is 12.4 Å². The molecule has 8 nitrogen and oxygen atoms in total. The number of carbonyl (C=O) groups excluding carboxylic acids is 1. The Kier molecular flexibility index (Phi) is 5.86. The highest BCUT2D eigenvalue weighted by molar-refractivity contribution is 5.77.